The largest absolute Gasteiger partial charge is 0.449 e. The number of fused-ring (bicyclic) bond motifs is 1. The predicted octanol–water partition coefficient (Wildman–Crippen LogP) is 1.88. The number of carbonyl (C=O) groups excluding carboxylic acids is 1. The number of amides is 1. The number of rotatable bonds is 5. The summed E-state index contributed by atoms with van der Waals surface area (Å²) in [6.07, 6.45) is 1.98. The van der Waals surface area contributed by atoms with Crippen molar-refractivity contribution in [3.05, 3.63) is 29.7 Å². The van der Waals surface area contributed by atoms with Gasteiger partial charge in [0.15, 0.2) is 11.3 Å². The molecule has 2 aromatic heterocycles. The van der Waals surface area contributed by atoms with Crippen LogP contribution in [-0.2, 0) is 4.74 Å². The van der Waals surface area contributed by atoms with E-state index in [1.54, 1.807) is 13.2 Å². The van der Waals surface area contributed by atoms with Gasteiger partial charge in [-0.15, -0.1) is 0 Å². The maximum Gasteiger partial charge on any atom is 0.287 e. The number of piperidine rings is 1. The van der Waals surface area contributed by atoms with E-state index in [0.717, 1.165) is 31.6 Å². The van der Waals surface area contributed by atoms with E-state index in [0.29, 0.717) is 30.0 Å². The molecule has 0 bridgehead atoms. The van der Waals surface area contributed by atoms with Crippen LogP contribution in [-0.4, -0.2) is 44.2 Å². The minimum absolute atomic E-state index is 0.00346. The number of carbonyl (C=O) groups is 1. The molecular formula is C17H23N3O3. The Bertz CT molecular complexity index is 684. The minimum atomic E-state index is -0.199. The Morgan fingerprint density at radius 3 is 2.96 bits per heavy atom. The summed E-state index contributed by atoms with van der Waals surface area (Å²) in [5.41, 5.74) is 2.24. The monoisotopic (exact) mass is 317 g/mol. The Labute approximate surface area is 135 Å². The van der Waals surface area contributed by atoms with E-state index in [-0.39, 0.29) is 11.3 Å². The van der Waals surface area contributed by atoms with Crippen LogP contribution in [0.4, 0.5) is 0 Å². The van der Waals surface area contributed by atoms with E-state index in [4.69, 9.17) is 9.15 Å². The smallest absolute Gasteiger partial charge is 0.287 e. The van der Waals surface area contributed by atoms with Gasteiger partial charge in [0.05, 0.1) is 6.61 Å². The Kier molecular flexibility index (Phi) is 4.63. The maximum atomic E-state index is 12.4. The predicted molar refractivity (Wildman–Crippen MR) is 87.5 cm³/mol. The molecule has 1 amide bonds. The van der Waals surface area contributed by atoms with Gasteiger partial charge in [0.1, 0.15) is 5.52 Å². The Balaban J connectivity index is 1.69. The second-order valence-corrected chi connectivity index (χ2v) is 6.31. The van der Waals surface area contributed by atoms with Crippen LogP contribution in [0.1, 0.15) is 29.1 Å². The first-order chi connectivity index (χ1) is 11.1. The standard InChI is InChI=1S/C17H23N3O3/c1-12-3-4-14-13(20-12)9-15(23-14)16(21)19-10-17(11-22-2)5-7-18-8-6-17/h3-4,9,18H,5-8,10-11H2,1-2H3,(H,19,21). The lowest BCUT2D eigenvalue weighted by Crippen LogP contribution is -2.47. The van der Waals surface area contributed by atoms with Crippen molar-refractivity contribution in [1.29, 1.82) is 0 Å². The van der Waals surface area contributed by atoms with E-state index in [9.17, 15) is 4.79 Å². The van der Waals surface area contributed by atoms with Gasteiger partial charge in [0.2, 0.25) is 0 Å². The molecule has 1 fully saturated rings. The lowest BCUT2D eigenvalue weighted by atomic mass is 9.79. The van der Waals surface area contributed by atoms with Crippen LogP contribution in [0.15, 0.2) is 22.6 Å². The molecule has 0 aromatic carbocycles. The van der Waals surface area contributed by atoms with Crippen molar-refractivity contribution in [3.8, 4) is 0 Å². The summed E-state index contributed by atoms with van der Waals surface area (Å²) in [5.74, 6) is 0.106. The first-order valence-corrected chi connectivity index (χ1v) is 7.97. The molecule has 1 aliphatic rings. The summed E-state index contributed by atoms with van der Waals surface area (Å²) in [4.78, 5) is 16.8. The number of nitrogens with one attached hydrogen (secondary N) is 2. The number of aryl methyl sites for hydroxylation is 1. The molecule has 0 radical (unpaired) electrons. The molecule has 6 nitrogen and oxygen atoms in total. The fraction of sp³-hybridized carbons (Fsp3) is 0.529. The normalized spacial score (nSPS) is 17.3. The van der Waals surface area contributed by atoms with E-state index >= 15 is 0 Å². The first-order valence-electron chi connectivity index (χ1n) is 7.97. The van der Waals surface area contributed by atoms with Crippen molar-refractivity contribution < 1.29 is 13.9 Å². The SMILES string of the molecule is COCC1(CNC(=O)c2cc3nc(C)ccc3o2)CCNCC1. The second kappa shape index (κ2) is 6.68. The van der Waals surface area contributed by atoms with E-state index < -0.39 is 0 Å². The van der Waals surface area contributed by atoms with Gasteiger partial charge < -0.3 is 19.8 Å². The number of methoxy groups -OCH3 is 1. The molecule has 2 aromatic rings. The summed E-state index contributed by atoms with van der Waals surface area (Å²) in [6.45, 7) is 5.05. The highest BCUT2D eigenvalue weighted by Crippen LogP contribution is 2.28. The van der Waals surface area contributed by atoms with Crippen molar-refractivity contribution in [2.75, 3.05) is 33.4 Å². The minimum Gasteiger partial charge on any atom is -0.449 e. The Morgan fingerprint density at radius 1 is 1.43 bits per heavy atom. The molecule has 0 atom stereocenters. The third-order valence-electron chi connectivity index (χ3n) is 4.48. The van der Waals surface area contributed by atoms with Crippen molar-refractivity contribution in [1.82, 2.24) is 15.6 Å². The van der Waals surface area contributed by atoms with Crippen molar-refractivity contribution in [3.63, 3.8) is 0 Å². The number of furan rings is 1. The number of aromatic nitrogens is 1. The van der Waals surface area contributed by atoms with Crippen LogP contribution < -0.4 is 10.6 Å². The number of pyridine rings is 1. The van der Waals surface area contributed by atoms with Gasteiger partial charge in [0.25, 0.3) is 5.91 Å². The lowest BCUT2D eigenvalue weighted by Gasteiger charge is -2.37. The van der Waals surface area contributed by atoms with Gasteiger partial charge in [-0.05, 0) is 45.0 Å². The maximum absolute atomic E-state index is 12.4. The van der Waals surface area contributed by atoms with Crippen LogP contribution in [0.25, 0.3) is 11.1 Å². The van der Waals surface area contributed by atoms with Gasteiger partial charge in [0, 0.05) is 30.8 Å². The molecule has 23 heavy (non-hydrogen) atoms. The molecule has 2 N–H and O–H groups in total. The molecule has 1 saturated heterocycles. The number of hydrogen-bond acceptors (Lipinski definition) is 5. The van der Waals surface area contributed by atoms with E-state index in [1.165, 1.54) is 0 Å². The molecule has 0 saturated carbocycles. The topological polar surface area (TPSA) is 76.4 Å². The van der Waals surface area contributed by atoms with Crippen molar-refractivity contribution in [2.45, 2.75) is 19.8 Å². The summed E-state index contributed by atoms with van der Waals surface area (Å²) in [6, 6.07) is 5.41. The van der Waals surface area contributed by atoms with Crippen LogP contribution in [0.3, 0.4) is 0 Å². The average molecular weight is 317 g/mol. The third-order valence-corrected chi connectivity index (χ3v) is 4.48. The molecule has 3 rings (SSSR count). The third kappa shape index (κ3) is 3.54. The Morgan fingerprint density at radius 2 is 2.22 bits per heavy atom. The zero-order valence-corrected chi connectivity index (χ0v) is 13.6. The highest BCUT2D eigenvalue weighted by Gasteiger charge is 2.32. The summed E-state index contributed by atoms with van der Waals surface area (Å²) in [7, 11) is 1.71. The van der Waals surface area contributed by atoms with Crippen molar-refractivity contribution in [2.24, 2.45) is 5.41 Å². The summed E-state index contributed by atoms with van der Waals surface area (Å²) >= 11 is 0. The van der Waals surface area contributed by atoms with E-state index in [1.807, 2.05) is 19.1 Å². The number of ether oxygens (including phenoxy) is 1. The molecule has 1 aliphatic heterocycles. The quantitative estimate of drug-likeness (QED) is 0.880. The van der Waals surface area contributed by atoms with Crippen LogP contribution in [0.2, 0.25) is 0 Å². The van der Waals surface area contributed by atoms with Gasteiger partial charge >= 0.3 is 0 Å². The zero-order valence-electron chi connectivity index (χ0n) is 13.6. The molecular weight excluding hydrogens is 294 g/mol. The molecule has 0 aliphatic carbocycles. The van der Waals surface area contributed by atoms with Crippen LogP contribution >= 0.6 is 0 Å². The molecule has 6 heteroatoms. The van der Waals surface area contributed by atoms with Gasteiger partial charge in [-0.3, -0.25) is 4.79 Å². The number of nitrogens with zero attached hydrogens (tertiary/aromatic N) is 1. The highest BCUT2D eigenvalue weighted by molar-refractivity contribution is 5.95. The van der Waals surface area contributed by atoms with E-state index in [2.05, 4.69) is 15.6 Å². The van der Waals surface area contributed by atoms with Crippen molar-refractivity contribution >= 4 is 17.0 Å². The molecule has 124 valence electrons. The van der Waals surface area contributed by atoms with Crippen LogP contribution in [0.5, 0.6) is 0 Å². The first kappa shape index (κ1) is 16.0. The average Bonchev–Trinajstić information content (AvgIpc) is 2.97. The molecule has 0 unspecified atom stereocenters. The highest BCUT2D eigenvalue weighted by atomic mass is 16.5. The van der Waals surface area contributed by atoms with Gasteiger partial charge in [-0.25, -0.2) is 4.98 Å². The summed E-state index contributed by atoms with van der Waals surface area (Å²) in [5, 5.41) is 6.35. The molecule has 3 heterocycles. The van der Waals surface area contributed by atoms with Gasteiger partial charge in [-0.2, -0.15) is 0 Å². The lowest BCUT2D eigenvalue weighted by molar-refractivity contribution is 0.0506. The summed E-state index contributed by atoms with van der Waals surface area (Å²) < 4.78 is 11.0. The molecule has 0 spiro atoms. The Hall–Kier alpha value is -1.92. The second-order valence-electron chi connectivity index (χ2n) is 6.31. The van der Waals surface area contributed by atoms with Gasteiger partial charge in [-0.1, -0.05) is 0 Å². The number of hydrogen-bond donors (Lipinski definition) is 2. The fourth-order valence-corrected chi connectivity index (χ4v) is 3.13. The zero-order chi connectivity index (χ0) is 16.3. The fourth-order valence-electron chi connectivity index (χ4n) is 3.13. The van der Waals surface area contributed by atoms with Crippen LogP contribution in [0, 0.1) is 12.3 Å².